The molecular formula is C26H33N5O9. The summed E-state index contributed by atoms with van der Waals surface area (Å²) in [5, 5.41) is 45.8. The van der Waals surface area contributed by atoms with E-state index in [1.807, 2.05) is 0 Å². The van der Waals surface area contributed by atoms with Crippen LogP contribution in [0.2, 0.25) is 0 Å². The number of aliphatic carboxylic acids is 1. The lowest BCUT2D eigenvalue weighted by Crippen LogP contribution is -2.60. The summed E-state index contributed by atoms with van der Waals surface area (Å²) in [5.74, 6) is -5.08. The van der Waals surface area contributed by atoms with Crippen LogP contribution in [0.3, 0.4) is 0 Å². The molecule has 11 N–H and O–H groups in total. The highest BCUT2D eigenvalue weighted by atomic mass is 16.4. The fourth-order valence-corrected chi connectivity index (χ4v) is 3.65. The number of carbonyl (C=O) groups excluding carboxylic acids is 4. The van der Waals surface area contributed by atoms with Crippen LogP contribution in [-0.4, -0.2) is 80.3 Å². The number of phenolic OH excluding ortho intramolecular Hbond substituents is 2. The van der Waals surface area contributed by atoms with Crippen LogP contribution in [-0.2, 0) is 36.8 Å². The second kappa shape index (κ2) is 14.5. The minimum Gasteiger partial charge on any atom is -0.508 e. The van der Waals surface area contributed by atoms with Crippen molar-refractivity contribution < 1.29 is 44.4 Å². The lowest BCUT2D eigenvalue weighted by molar-refractivity contribution is -0.143. The van der Waals surface area contributed by atoms with Gasteiger partial charge in [-0.3, -0.25) is 19.2 Å². The molecule has 2 aromatic rings. The summed E-state index contributed by atoms with van der Waals surface area (Å²) in [4.78, 5) is 61.7. The SMILES string of the molecule is CC(O)C(NC(=O)C(Cc1ccc(O)cc1)NC(=O)C(N)CC(N)=O)C(=O)NC(Cc1ccc(O)cc1)C(=O)O. The fraction of sp³-hybridized carbons (Fsp3) is 0.346. The minimum absolute atomic E-state index is 0.0268. The molecule has 0 radical (unpaired) electrons. The maximum Gasteiger partial charge on any atom is 0.326 e. The predicted molar refractivity (Wildman–Crippen MR) is 141 cm³/mol. The van der Waals surface area contributed by atoms with Crippen molar-refractivity contribution in [2.24, 2.45) is 11.5 Å². The van der Waals surface area contributed by atoms with Crippen molar-refractivity contribution in [3.05, 3.63) is 59.7 Å². The van der Waals surface area contributed by atoms with Gasteiger partial charge in [0.1, 0.15) is 29.6 Å². The summed E-state index contributed by atoms with van der Waals surface area (Å²) in [6.45, 7) is 1.20. The predicted octanol–water partition coefficient (Wildman–Crippen LogP) is -1.99. The van der Waals surface area contributed by atoms with Crippen LogP contribution in [0.15, 0.2) is 48.5 Å². The Bertz CT molecular complexity index is 1200. The number of phenols is 2. The largest absolute Gasteiger partial charge is 0.508 e. The number of nitrogens with two attached hydrogens (primary N) is 2. The lowest BCUT2D eigenvalue weighted by Gasteiger charge is -2.26. The van der Waals surface area contributed by atoms with Gasteiger partial charge in [-0.2, -0.15) is 0 Å². The zero-order valence-corrected chi connectivity index (χ0v) is 21.6. The third-order valence-corrected chi connectivity index (χ3v) is 5.82. The van der Waals surface area contributed by atoms with Crippen LogP contribution in [0.1, 0.15) is 24.5 Å². The average Bonchev–Trinajstić information content (AvgIpc) is 2.87. The number of nitrogens with one attached hydrogen (secondary N) is 3. The first-order valence-corrected chi connectivity index (χ1v) is 12.2. The Hall–Kier alpha value is -4.69. The van der Waals surface area contributed by atoms with Crippen LogP contribution in [0, 0.1) is 0 Å². The maximum atomic E-state index is 13.2. The number of carboxylic acid groups (broad SMARTS) is 1. The van der Waals surface area contributed by atoms with Gasteiger partial charge in [0, 0.05) is 12.8 Å². The van der Waals surface area contributed by atoms with Gasteiger partial charge in [-0.15, -0.1) is 0 Å². The van der Waals surface area contributed by atoms with E-state index in [1.165, 1.54) is 55.5 Å². The molecular weight excluding hydrogens is 526 g/mol. The second-order valence-corrected chi connectivity index (χ2v) is 9.21. The number of carboxylic acids is 1. The van der Waals surface area contributed by atoms with Gasteiger partial charge in [-0.05, 0) is 42.3 Å². The van der Waals surface area contributed by atoms with E-state index in [9.17, 15) is 44.4 Å². The van der Waals surface area contributed by atoms with Crippen molar-refractivity contribution in [3.8, 4) is 11.5 Å². The zero-order valence-electron chi connectivity index (χ0n) is 21.6. The number of aliphatic hydroxyl groups excluding tert-OH is 1. The van der Waals surface area contributed by atoms with Crippen LogP contribution in [0.5, 0.6) is 11.5 Å². The average molecular weight is 560 g/mol. The molecule has 14 heteroatoms. The Morgan fingerprint density at radius 3 is 1.62 bits per heavy atom. The molecule has 0 aliphatic carbocycles. The smallest absolute Gasteiger partial charge is 0.326 e. The molecule has 0 fully saturated rings. The first kappa shape index (κ1) is 31.5. The molecule has 4 amide bonds. The molecule has 0 aliphatic rings. The third-order valence-electron chi connectivity index (χ3n) is 5.82. The highest BCUT2D eigenvalue weighted by Crippen LogP contribution is 2.13. The van der Waals surface area contributed by atoms with E-state index in [0.29, 0.717) is 11.1 Å². The summed E-state index contributed by atoms with van der Waals surface area (Å²) < 4.78 is 0. The van der Waals surface area contributed by atoms with Gasteiger partial charge >= 0.3 is 5.97 Å². The van der Waals surface area contributed by atoms with E-state index in [0.717, 1.165) is 0 Å². The summed E-state index contributed by atoms with van der Waals surface area (Å²) in [6, 6.07) is 5.60. The van der Waals surface area contributed by atoms with Crippen molar-refractivity contribution >= 4 is 29.6 Å². The van der Waals surface area contributed by atoms with Crippen molar-refractivity contribution in [2.75, 3.05) is 0 Å². The van der Waals surface area contributed by atoms with Gasteiger partial charge in [0.2, 0.25) is 23.6 Å². The van der Waals surface area contributed by atoms with E-state index in [1.54, 1.807) is 0 Å². The summed E-state index contributed by atoms with van der Waals surface area (Å²) in [7, 11) is 0. The Balaban J connectivity index is 2.21. The standard InChI is InChI=1S/C26H33N5O9/c1-13(32)22(25(38)30-20(26(39)40)11-15-4-8-17(34)9-5-15)31-24(37)19(10-14-2-6-16(33)7-3-14)29-23(36)18(27)12-21(28)35/h2-9,13,18-20,22,32-34H,10-12,27H2,1H3,(H2,28,35)(H,29,36)(H,30,38)(H,31,37)(H,39,40). The summed E-state index contributed by atoms with van der Waals surface area (Å²) in [6.07, 6.45) is -2.25. The van der Waals surface area contributed by atoms with E-state index >= 15 is 0 Å². The Morgan fingerprint density at radius 1 is 0.750 bits per heavy atom. The number of hydrogen-bond acceptors (Lipinski definition) is 9. The van der Waals surface area contributed by atoms with Crippen molar-refractivity contribution in [2.45, 2.75) is 56.5 Å². The second-order valence-electron chi connectivity index (χ2n) is 9.21. The topological polar surface area (TPSA) is 254 Å². The van der Waals surface area contributed by atoms with E-state index in [-0.39, 0.29) is 24.3 Å². The molecule has 0 heterocycles. The van der Waals surface area contributed by atoms with Crippen molar-refractivity contribution in [1.82, 2.24) is 16.0 Å². The number of amides is 4. The molecule has 14 nitrogen and oxygen atoms in total. The van der Waals surface area contributed by atoms with E-state index in [4.69, 9.17) is 11.5 Å². The molecule has 2 rings (SSSR count). The molecule has 40 heavy (non-hydrogen) atoms. The summed E-state index contributed by atoms with van der Waals surface area (Å²) >= 11 is 0. The number of primary amides is 1. The van der Waals surface area contributed by atoms with Crippen LogP contribution in [0.4, 0.5) is 0 Å². The quantitative estimate of drug-likeness (QED) is 0.123. The minimum atomic E-state index is -1.62. The van der Waals surface area contributed by atoms with Crippen LogP contribution in [0.25, 0.3) is 0 Å². The zero-order chi connectivity index (χ0) is 30.0. The molecule has 0 aromatic heterocycles. The Kier molecular flexibility index (Phi) is 11.4. The van der Waals surface area contributed by atoms with Crippen molar-refractivity contribution in [1.29, 1.82) is 0 Å². The van der Waals surface area contributed by atoms with Crippen LogP contribution < -0.4 is 27.4 Å². The molecule has 0 spiro atoms. The van der Waals surface area contributed by atoms with Gasteiger partial charge in [-0.1, -0.05) is 24.3 Å². The molecule has 2 aromatic carbocycles. The highest BCUT2D eigenvalue weighted by Gasteiger charge is 2.33. The van der Waals surface area contributed by atoms with Crippen LogP contribution >= 0.6 is 0 Å². The normalized spacial score (nSPS) is 14.6. The highest BCUT2D eigenvalue weighted by molar-refractivity contribution is 5.95. The molecule has 0 saturated carbocycles. The van der Waals surface area contributed by atoms with Gasteiger partial charge < -0.3 is 47.8 Å². The monoisotopic (exact) mass is 559 g/mol. The number of carbonyl (C=O) groups is 5. The first-order valence-electron chi connectivity index (χ1n) is 12.2. The number of rotatable bonds is 14. The molecule has 0 aliphatic heterocycles. The lowest BCUT2D eigenvalue weighted by atomic mass is 10.0. The molecule has 5 atom stereocenters. The van der Waals surface area contributed by atoms with E-state index in [2.05, 4.69) is 16.0 Å². The number of hydrogen-bond donors (Lipinski definition) is 9. The maximum absolute atomic E-state index is 13.2. The number of benzene rings is 2. The third kappa shape index (κ3) is 9.89. The van der Waals surface area contributed by atoms with Gasteiger partial charge in [0.25, 0.3) is 0 Å². The molecule has 216 valence electrons. The Labute approximate surface area is 229 Å². The van der Waals surface area contributed by atoms with E-state index < -0.39 is 66.3 Å². The summed E-state index contributed by atoms with van der Waals surface area (Å²) in [5.41, 5.74) is 11.8. The molecule has 5 unspecified atom stereocenters. The fourth-order valence-electron chi connectivity index (χ4n) is 3.65. The van der Waals surface area contributed by atoms with Gasteiger partial charge in [0.05, 0.1) is 18.6 Å². The van der Waals surface area contributed by atoms with Crippen molar-refractivity contribution in [3.63, 3.8) is 0 Å². The Morgan fingerprint density at radius 2 is 1.20 bits per heavy atom. The molecule has 0 bridgehead atoms. The number of aliphatic hydroxyl groups is 1. The van der Waals surface area contributed by atoms with Gasteiger partial charge in [-0.25, -0.2) is 4.79 Å². The van der Waals surface area contributed by atoms with Gasteiger partial charge in [0.15, 0.2) is 0 Å². The molecule has 0 saturated heterocycles. The first-order chi connectivity index (χ1) is 18.8. The number of aromatic hydroxyl groups is 2.